The van der Waals surface area contributed by atoms with E-state index in [9.17, 15) is 18.0 Å². The lowest BCUT2D eigenvalue weighted by molar-refractivity contribution is 0.0318. The first-order valence-corrected chi connectivity index (χ1v) is 10.7. The van der Waals surface area contributed by atoms with Gasteiger partial charge < -0.3 is 9.15 Å². The number of aryl methyl sites for hydroxylation is 1. The van der Waals surface area contributed by atoms with Gasteiger partial charge in [0.1, 0.15) is 5.76 Å². The lowest BCUT2D eigenvalue weighted by atomic mass is 10.1. The summed E-state index contributed by atoms with van der Waals surface area (Å²) in [4.78, 5) is 24.7. The number of benzene rings is 2. The van der Waals surface area contributed by atoms with Crippen LogP contribution in [-0.2, 0) is 21.3 Å². The normalized spacial score (nSPS) is 12.3. The van der Waals surface area contributed by atoms with Crippen molar-refractivity contribution in [2.75, 3.05) is 0 Å². The van der Waals surface area contributed by atoms with E-state index in [0.717, 1.165) is 5.56 Å². The average Bonchev–Trinajstić information content (AvgIpc) is 3.26. The minimum atomic E-state index is -3.77. The highest BCUT2D eigenvalue weighted by Gasteiger charge is 2.21. The molecule has 0 aliphatic rings. The number of Topliss-reactive ketones (excluding diaryl/α,β-unsaturated/α-hetero) is 1. The van der Waals surface area contributed by atoms with Crippen molar-refractivity contribution in [3.05, 3.63) is 89.4 Å². The minimum Gasteiger partial charge on any atom is -0.468 e. The largest absolute Gasteiger partial charge is 0.468 e. The van der Waals surface area contributed by atoms with Gasteiger partial charge in [-0.05, 0) is 50.2 Å². The van der Waals surface area contributed by atoms with Crippen LogP contribution in [0.25, 0.3) is 0 Å². The van der Waals surface area contributed by atoms with E-state index in [4.69, 9.17) is 9.15 Å². The Morgan fingerprint density at radius 1 is 1.00 bits per heavy atom. The van der Waals surface area contributed by atoms with Crippen LogP contribution in [0, 0.1) is 6.92 Å². The first-order valence-electron chi connectivity index (χ1n) is 9.20. The fraction of sp³-hybridized carbons (Fsp3) is 0.182. The van der Waals surface area contributed by atoms with Gasteiger partial charge >= 0.3 is 5.97 Å². The molecule has 0 aliphatic heterocycles. The first-order chi connectivity index (χ1) is 14.3. The number of hydrogen-bond donors (Lipinski definition) is 1. The molecule has 1 heterocycles. The fourth-order valence-electron chi connectivity index (χ4n) is 2.67. The summed E-state index contributed by atoms with van der Waals surface area (Å²) < 4.78 is 37.4. The highest BCUT2D eigenvalue weighted by atomic mass is 32.2. The summed E-state index contributed by atoms with van der Waals surface area (Å²) in [5, 5.41) is 0. The molecule has 0 amide bonds. The molecule has 2 aromatic carbocycles. The molecule has 0 bridgehead atoms. The van der Waals surface area contributed by atoms with E-state index in [1.165, 1.54) is 37.5 Å². The highest BCUT2D eigenvalue weighted by molar-refractivity contribution is 7.89. The number of hydrogen-bond acceptors (Lipinski definition) is 6. The second-order valence-electron chi connectivity index (χ2n) is 6.71. The summed E-state index contributed by atoms with van der Waals surface area (Å²) in [6, 6.07) is 15.6. The molecule has 1 aromatic heterocycles. The van der Waals surface area contributed by atoms with Gasteiger partial charge in [0, 0.05) is 5.56 Å². The van der Waals surface area contributed by atoms with Gasteiger partial charge in [0.2, 0.25) is 15.8 Å². The van der Waals surface area contributed by atoms with Gasteiger partial charge in [-0.15, -0.1) is 0 Å². The summed E-state index contributed by atoms with van der Waals surface area (Å²) in [6.07, 6.45) is 0.479. The van der Waals surface area contributed by atoms with Gasteiger partial charge in [-0.2, -0.15) is 0 Å². The molecule has 1 N–H and O–H groups in total. The molecule has 8 heteroatoms. The van der Waals surface area contributed by atoms with E-state index in [-0.39, 0.29) is 22.8 Å². The van der Waals surface area contributed by atoms with Crippen molar-refractivity contribution in [2.45, 2.75) is 31.4 Å². The molecule has 30 heavy (non-hydrogen) atoms. The third-order valence-corrected chi connectivity index (χ3v) is 5.82. The monoisotopic (exact) mass is 427 g/mol. The molecule has 3 rings (SSSR count). The van der Waals surface area contributed by atoms with Crippen molar-refractivity contribution in [1.82, 2.24) is 4.72 Å². The number of carbonyl (C=O) groups is 2. The molecule has 3 aromatic rings. The van der Waals surface area contributed by atoms with E-state index in [1.54, 1.807) is 36.4 Å². The second-order valence-corrected chi connectivity index (χ2v) is 8.47. The van der Waals surface area contributed by atoms with E-state index in [0.29, 0.717) is 11.3 Å². The van der Waals surface area contributed by atoms with E-state index in [1.807, 2.05) is 6.92 Å². The summed E-state index contributed by atoms with van der Waals surface area (Å²) in [5.41, 5.74) is 1.61. The quantitative estimate of drug-likeness (QED) is 0.436. The zero-order valence-corrected chi connectivity index (χ0v) is 17.3. The van der Waals surface area contributed by atoms with Crippen molar-refractivity contribution < 1.29 is 27.2 Å². The number of rotatable bonds is 8. The number of nitrogens with one attached hydrogen (secondary N) is 1. The fourth-order valence-corrected chi connectivity index (χ4v) is 3.66. The molecule has 0 fully saturated rings. The van der Waals surface area contributed by atoms with Crippen LogP contribution in [0.3, 0.4) is 0 Å². The van der Waals surface area contributed by atoms with Crippen LogP contribution in [-0.4, -0.2) is 26.3 Å². The molecule has 0 unspecified atom stereocenters. The van der Waals surface area contributed by atoms with Crippen LogP contribution in [0.1, 0.15) is 39.0 Å². The van der Waals surface area contributed by atoms with Gasteiger partial charge in [-0.1, -0.05) is 29.8 Å². The van der Waals surface area contributed by atoms with Gasteiger partial charge in [0.15, 0.2) is 6.10 Å². The Hall–Kier alpha value is -3.23. The number of carbonyl (C=O) groups excluding carboxylic acids is 2. The smallest absolute Gasteiger partial charge is 0.338 e. The predicted octanol–water partition coefficient (Wildman–Crippen LogP) is 3.49. The van der Waals surface area contributed by atoms with Crippen molar-refractivity contribution in [2.24, 2.45) is 0 Å². The third-order valence-electron chi connectivity index (χ3n) is 4.41. The van der Waals surface area contributed by atoms with Gasteiger partial charge in [-0.25, -0.2) is 17.9 Å². The zero-order valence-electron chi connectivity index (χ0n) is 16.5. The number of sulfonamides is 1. The second kappa shape index (κ2) is 9.06. The number of furan rings is 1. The molecular weight excluding hydrogens is 406 g/mol. The summed E-state index contributed by atoms with van der Waals surface area (Å²) >= 11 is 0. The molecule has 0 saturated carbocycles. The van der Waals surface area contributed by atoms with Crippen LogP contribution in [0.4, 0.5) is 0 Å². The summed E-state index contributed by atoms with van der Waals surface area (Å²) in [5.74, 6) is -0.550. The Bertz CT molecular complexity index is 1120. The Labute approximate surface area is 174 Å². The molecule has 156 valence electrons. The molecule has 7 nitrogen and oxygen atoms in total. The van der Waals surface area contributed by atoms with Crippen molar-refractivity contribution in [3.8, 4) is 0 Å². The van der Waals surface area contributed by atoms with Gasteiger partial charge in [-0.3, -0.25) is 4.79 Å². The Kier molecular flexibility index (Phi) is 6.49. The minimum absolute atomic E-state index is 0.00520. The molecule has 1 atom stereocenters. The standard InChI is InChI=1S/C22H21NO6S/c1-15-5-7-17(8-6-15)21(24)16(2)29-22(25)18-9-11-20(12-10-18)30(26,27)23-14-19-4-3-13-28-19/h3-13,16,23H,14H2,1-2H3/t16-/m1/s1. The van der Waals surface area contributed by atoms with Gasteiger partial charge in [0.25, 0.3) is 0 Å². The van der Waals surface area contributed by atoms with E-state index >= 15 is 0 Å². The van der Waals surface area contributed by atoms with Crippen molar-refractivity contribution >= 4 is 21.8 Å². The zero-order chi connectivity index (χ0) is 21.7. The molecule has 0 radical (unpaired) electrons. The summed E-state index contributed by atoms with van der Waals surface area (Å²) in [6.45, 7) is 3.42. The number of ether oxygens (including phenoxy) is 1. The molecular formula is C22H21NO6S. The lowest BCUT2D eigenvalue weighted by Gasteiger charge is -2.13. The number of esters is 1. The van der Waals surface area contributed by atoms with Crippen LogP contribution in [0.2, 0.25) is 0 Å². The van der Waals surface area contributed by atoms with Crippen LogP contribution < -0.4 is 4.72 Å². The lowest BCUT2D eigenvalue weighted by Crippen LogP contribution is -2.25. The molecule has 0 aliphatic carbocycles. The Morgan fingerprint density at radius 2 is 1.63 bits per heavy atom. The Balaban J connectivity index is 1.62. The Morgan fingerprint density at radius 3 is 2.23 bits per heavy atom. The predicted molar refractivity (Wildman–Crippen MR) is 110 cm³/mol. The van der Waals surface area contributed by atoms with E-state index < -0.39 is 22.1 Å². The maximum absolute atomic E-state index is 12.4. The maximum Gasteiger partial charge on any atom is 0.338 e. The van der Waals surface area contributed by atoms with Gasteiger partial charge in [0.05, 0.1) is 23.3 Å². The van der Waals surface area contributed by atoms with Crippen LogP contribution >= 0.6 is 0 Å². The highest BCUT2D eigenvalue weighted by Crippen LogP contribution is 2.14. The maximum atomic E-state index is 12.4. The van der Waals surface area contributed by atoms with Crippen LogP contribution in [0.15, 0.2) is 76.2 Å². The van der Waals surface area contributed by atoms with E-state index in [2.05, 4.69) is 4.72 Å². The van der Waals surface area contributed by atoms with Crippen molar-refractivity contribution in [3.63, 3.8) is 0 Å². The third kappa shape index (κ3) is 5.22. The topological polar surface area (TPSA) is 103 Å². The average molecular weight is 427 g/mol. The first kappa shape index (κ1) is 21.5. The summed E-state index contributed by atoms with van der Waals surface area (Å²) in [7, 11) is -3.77. The molecule has 0 saturated heterocycles. The van der Waals surface area contributed by atoms with Crippen molar-refractivity contribution in [1.29, 1.82) is 0 Å². The van der Waals surface area contributed by atoms with Crippen LogP contribution in [0.5, 0.6) is 0 Å². The SMILES string of the molecule is Cc1ccc(C(=O)[C@@H](C)OC(=O)c2ccc(S(=O)(=O)NCc3ccco3)cc2)cc1. The molecule has 0 spiro atoms. The number of ketones is 1.